The minimum absolute atomic E-state index is 0.0206. The molecule has 0 saturated heterocycles. The van der Waals surface area contributed by atoms with Gasteiger partial charge in [-0.2, -0.15) is 5.26 Å². The van der Waals surface area contributed by atoms with Crippen LogP contribution in [0.4, 0.5) is 10.3 Å². The van der Waals surface area contributed by atoms with Gasteiger partial charge in [-0.25, -0.2) is 14.4 Å². The van der Waals surface area contributed by atoms with Crippen molar-refractivity contribution in [2.75, 3.05) is 11.4 Å². The first-order valence-electron chi connectivity index (χ1n) is 9.28. The molecule has 0 N–H and O–H groups in total. The lowest BCUT2D eigenvalue weighted by Crippen LogP contribution is -2.33. The second-order valence-electron chi connectivity index (χ2n) is 8.10. The summed E-state index contributed by atoms with van der Waals surface area (Å²) in [6, 6.07) is 16.4. The van der Waals surface area contributed by atoms with Crippen molar-refractivity contribution in [2.45, 2.75) is 27.3 Å². The molecule has 4 nitrogen and oxygen atoms in total. The molecule has 0 unspecified atom stereocenters. The zero-order valence-electron chi connectivity index (χ0n) is 16.7. The molecule has 0 atom stereocenters. The average molecular weight is 409 g/mol. The first-order chi connectivity index (χ1) is 13.7. The minimum Gasteiger partial charge on any atom is -0.336 e. The number of nitriles is 1. The molecule has 3 aromatic rings. The fourth-order valence-electron chi connectivity index (χ4n) is 3.03. The van der Waals surface area contributed by atoms with Crippen LogP contribution in [-0.2, 0) is 6.54 Å². The zero-order valence-corrected chi connectivity index (χ0v) is 17.4. The topological polar surface area (TPSA) is 52.8 Å². The second kappa shape index (κ2) is 8.59. The molecule has 0 aliphatic heterocycles. The molecule has 2 aromatic carbocycles. The standard InChI is InChI=1S/C23H22ClFN4/c1-23(2,3)15-29(22-27-11-10-19(13-26)28-22)14-16-4-6-17(7-5-16)18-8-9-20(24)21(25)12-18/h4-12H,14-15H2,1-3H3. The van der Waals surface area contributed by atoms with E-state index in [0.29, 0.717) is 18.2 Å². The fourth-order valence-corrected chi connectivity index (χ4v) is 3.15. The lowest BCUT2D eigenvalue weighted by atomic mass is 9.96. The number of benzene rings is 2. The lowest BCUT2D eigenvalue weighted by Gasteiger charge is -2.30. The molecular weight excluding hydrogens is 387 g/mol. The van der Waals surface area contributed by atoms with Gasteiger partial charge in [0, 0.05) is 19.3 Å². The van der Waals surface area contributed by atoms with E-state index < -0.39 is 5.82 Å². The van der Waals surface area contributed by atoms with Crippen LogP contribution in [0.15, 0.2) is 54.7 Å². The first-order valence-corrected chi connectivity index (χ1v) is 9.65. The molecule has 0 bridgehead atoms. The van der Waals surface area contributed by atoms with E-state index >= 15 is 0 Å². The Morgan fingerprint density at radius 3 is 2.38 bits per heavy atom. The van der Waals surface area contributed by atoms with Crippen molar-refractivity contribution in [1.82, 2.24) is 9.97 Å². The van der Waals surface area contributed by atoms with E-state index in [4.69, 9.17) is 16.9 Å². The summed E-state index contributed by atoms with van der Waals surface area (Å²) in [7, 11) is 0. The number of hydrogen-bond donors (Lipinski definition) is 0. The Morgan fingerprint density at radius 2 is 1.76 bits per heavy atom. The van der Waals surface area contributed by atoms with E-state index in [1.54, 1.807) is 24.4 Å². The van der Waals surface area contributed by atoms with Gasteiger partial charge in [-0.3, -0.25) is 0 Å². The monoisotopic (exact) mass is 408 g/mol. The van der Waals surface area contributed by atoms with Gasteiger partial charge in [-0.15, -0.1) is 0 Å². The number of rotatable bonds is 5. The zero-order chi connectivity index (χ0) is 21.0. The highest BCUT2D eigenvalue weighted by Gasteiger charge is 2.19. The predicted octanol–water partition coefficient (Wildman–Crippen LogP) is 5.86. The first kappa shape index (κ1) is 20.8. The smallest absolute Gasteiger partial charge is 0.226 e. The van der Waals surface area contributed by atoms with Gasteiger partial charge in [-0.05, 0) is 40.3 Å². The van der Waals surface area contributed by atoms with Crippen LogP contribution in [0.2, 0.25) is 5.02 Å². The summed E-state index contributed by atoms with van der Waals surface area (Å²) in [4.78, 5) is 10.8. The van der Waals surface area contributed by atoms with Crippen LogP contribution in [0, 0.1) is 22.6 Å². The largest absolute Gasteiger partial charge is 0.336 e. The third-order valence-electron chi connectivity index (χ3n) is 4.29. The number of anilines is 1. The molecule has 0 aliphatic carbocycles. The van der Waals surface area contributed by atoms with Crippen molar-refractivity contribution in [3.63, 3.8) is 0 Å². The van der Waals surface area contributed by atoms with Crippen molar-refractivity contribution in [2.24, 2.45) is 5.41 Å². The van der Waals surface area contributed by atoms with Crippen molar-refractivity contribution >= 4 is 17.5 Å². The number of nitrogens with zero attached hydrogens (tertiary/aromatic N) is 4. The van der Waals surface area contributed by atoms with Gasteiger partial charge in [0.2, 0.25) is 5.95 Å². The molecule has 148 valence electrons. The van der Waals surface area contributed by atoms with Crippen LogP contribution < -0.4 is 4.90 Å². The molecule has 1 heterocycles. The van der Waals surface area contributed by atoms with Gasteiger partial charge in [0.1, 0.15) is 17.6 Å². The van der Waals surface area contributed by atoms with E-state index in [0.717, 1.165) is 23.2 Å². The summed E-state index contributed by atoms with van der Waals surface area (Å²) in [5, 5.41) is 9.26. The molecule has 3 rings (SSSR count). The highest BCUT2D eigenvalue weighted by Crippen LogP contribution is 2.26. The molecule has 0 fully saturated rings. The van der Waals surface area contributed by atoms with Gasteiger partial charge in [-0.1, -0.05) is 62.7 Å². The van der Waals surface area contributed by atoms with Gasteiger partial charge in [0.05, 0.1) is 5.02 Å². The summed E-state index contributed by atoms with van der Waals surface area (Å²) in [5.41, 5.74) is 3.11. The molecule has 0 saturated carbocycles. The Bertz CT molecular complexity index is 1040. The van der Waals surface area contributed by atoms with E-state index in [1.165, 1.54) is 6.07 Å². The Kier molecular flexibility index (Phi) is 6.14. The van der Waals surface area contributed by atoms with E-state index in [9.17, 15) is 4.39 Å². The summed E-state index contributed by atoms with van der Waals surface area (Å²) in [6.45, 7) is 7.76. The summed E-state index contributed by atoms with van der Waals surface area (Å²) < 4.78 is 13.7. The molecule has 0 aliphatic rings. The average Bonchev–Trinajstić information content (AvgIpc) is 2.69. The third kappa shape index (κ3) is 5.52. The molecule has 6 heteroatoms. The van der Waals surface area contributed by atoms with Gasteiger partial charge in [0.15, 0.2) is 0 Å². The van der Waals surface area contributed by atoms with E-state index in [1.807, 2.05) is 24.3 Å². The fraction of sp³-hybridized carbons (Fsp3) is 0.261. The maximum atomic E-state index is 13.7. The van der Waals surface area contributed by atoms with Crippen molar-refractivity contribution in [1.29, 1.82) is 5.26 Å². The molecular formula is C23H22ClFN4. The Labute approximate surface area is 175 Å². The normalized spacial score (nSPS) is 11.2. The number of hydrogen-bond acceptors (Lipinski definition) is 4. The quantitative estimate of drug-likeness (QED) is 0.530. The highest BCUT2D eigenvalue weighted by atomic mass is 35.5. The van der Waals surface area contributed by atoms with E-state index in [2.05, 4.69) is 41.7 Å². The molecule has 0 radical (unpaired) electrons. The lowest BCUT2D eigenvalue weighted by molar-refractivity contribution is 0.406. The second-order valence-corrected chi connectivity index (χ2v) is 8.50. The highest BCUT2D eigenvalue weighted by molar-refractivity contribution is 6.30. The van der Waals surface area contributed by atoms with E-state index in [-0.39, 0.29) is 10.4 Å². The Hall–Kier alpha value is -2.97. The minimum atomic E-state index is -0.431. The SMILES string of the molecule is CC(C)(C)CN(Cc1ccc(-c2ccc(Cl)c(F)c2)cc1)c1nccc(C#N)n1. The molecule has 1 aromatic heterocycles. The summed E-state index contributed by atoms with van der Waals surface area (Å²) in [6.07, 6.45) is 1.61. The predicted molar refractivity (Wildman–Crippen MR) is 114 cm³/mol. The van der Waals surface area contributed by atoms with Crippen molar-refractivity contribution < 1.29 is 4.39 Å². The van der Waals surface area contributed by atoms with Crippen LogP contribution in [0.1, 0.15) is 32.0 Å². The Balaban J connectivity index is 1.85. The van der Waals surface area contributed by atoms with Gasteiger partial charge in [0.25, 0.3) is 0 Å². The molecule has 29 heavy (non-hydrogen) atoms. The molecule has 0 amide bonds. The number of halogens is 2. The summed E-state index contributed by atoms with van der Waals surface area (Å²) >= 11 is 5.77. The molecule has 0 spiro atoms. The van der Waals surface area contributed by atoms with Crippen molar-refractivity contribution in [3.05, 3.63) is 76.8 Å². The maximum Gasteiger partial charge on any atom is 0.226 e. The van der Waals surface area contributed by atoms with Gasteiger partial charge < -0.3 is 4.90 Å². The number of aromatic nitrogens is 2. The third-order valence-corrected chi connectivity index (χ3v) is 4.59. The van der Waals surface area contributed by atoms with Crippen LogP contribution in [0.25, 0.3) is 11.1 Å². The van der Waals surface area contributed by atoms with Crippen LogP contribution in [0.5, 0.6) is 0 Å². The maximum absolute atomic E-state index is 13.7. The van der Waals surface area contributed by atoms with Crippen LogP contribution >= 0.6 is 11.6 Å². The summed E-state index contributed by atoms with van der Waals surface area (Å²) in [5.74, 6) is 0.0990. The van der Waals surface area contributed by atoms with Crippen LogP contribution in [0.3, 0.4) is 0 Å². The van der Waals surface area contributed by atoms with Gasteiger partial charge >= 0.3 is 0 Å². The van der Waals surface area contributed by atoms with Crippen molar-refractivity contribution in [3.8, 4) is 17.2 Å². The Morgan fingerprint density at radius 1 is 1.07 bits per heavy atom. The van der Waals surface area contributed by atoms with Crippen LogP contribution in [-0.4, -0.2) is 16.5 Å².